The largest absolute Gasteiger partial charge is 0.469 e. The zero-order valence-electron chi connectivity index (χ0n) is 10.6. The highest BCUT2D eigenvalue weighted by Gasteiger charge is 2.24. The molecule has 0 radical (unpaired) electrons. The van der Waals surface area contributed by atoms with Crippen LogP contribution in [0.2, 0.25) is 0 Å². The van der Waals surface area contributed by atoms with Crippen molar-refractivity contribution in [3.8, 4) is 0 Å². The van der Waals surface area contributed by atoms with Gasteiger partial charge in [-0.2, -0.15) is 0 Å². The molecule has 16 heavy (non-hydrogen) atoms. The Labute approximate surface area is 97.3 Å². The Hall–Kier alpha value is -1.06. The molecule has 0 aromatic carbocycles. The SMILES string of the molecule is CC[C@@H](CC(=O)OC)[C@@H](CC)CC(=O)OC. The molecule has 0 saturated heterocycles. The first-order chi connectivity index (χ1) is 7.58. The molecule has 0 aliphatic carbocycles. The van der Waals surface area contributed by atoms with Crippen LogP contribution in [0.4, 0.5) is 0 Å². The van der Waals surface area contributed by atoms with Crippen LogP contribution < -0.4 is 0 Å². The third kappa shape index (κ3) is 5.14. The van der Waals surface area contributed by atoms with Crippen molar-refractivity contribution in [3.63, 3.8) is 0 Å². The van der Waals surface area contributed by atoms with Gasteiger partial charge in [-0.15, -0.1) is 0 Å². The fraction of sp³-hybridized carbons (Fsp3) is 0.833. The lowest BCUT2D eigenvalue weighted by Gasteiger charge is -2.23. The van der Waals surface area contributed by atoms with Gasteiger partial charge < -0.3 is 9.47 Å². The number of hydrogen-bond donors (Lipinski definition) is 0. The zero-order valence-corrected chi connectivity index (χ0v) is 10.6. The summed E-state index contributed by atoms with van der Waals surface area (Å²) in [6.45, 7) is 4.04. The van der Waals surface area contributed by atoms with Crippen LogP contribution in [0.3, 0.4) is 0 Å². The van der Waals surface area contributed by atoms with Crippen molar-refractivity contribution in [2.75, 3.05) is 14.2 Å². The third-order valence-corrected chi connectivity index (χ3v) is 3.03. The molecule has 0 aliphatic rings. The minimum absolute atomic E-state index is 0.191. The Balaban J connectivity index is 4.37. The van der Waals surface area contributed by atoms with Gasteiger partial charge in [0.2, 0.25) is 0 Å². The predicted molar refractivity (Wildman–Crippen MR) is 60.8 cm³/mol. The Morgan fingerprint density at radius 2 is 1.19 bits per heavy atom. The van der Waals surface area contributed by atoms with Crippen LogP contribution in [-0.4, -0.2) is 26.2 Å². The molecule has 0 bridgehead atoms. The van der Waals surface area contributed by atoms with Gasteiger partial charge in [0.25, 0.3) is 0 Å². The summed E-state index contributed by atoms with van der Waals surface area (Å²) >= 11 is 0. The first kappa shape index (κ1) is 14.9. The van der Waals surface area contributed by atoms with E-state index in [4.69, 9.17) is 0 Å². The summed E-state index contributed by atoms with van der Waals surface area (Å²) < 4.78 is 9.31. The predicted octanol–water partition coefficient (Wildman–Crippen LogP) is 2.17. The van der Waals surface area contributed by atoms with E-state index in [2.05, 4.69) is 9.47 Å². The summed E-state index contributed by atoms with van der Waals surface area (Å²) in [4.78, 5) is 22.4. The fourth-order valence-electron chi connectivity index (χ4n) is 1.88. The van der Waals surface area contributed by atoms with Crippen LogP contribution in [0, 0.1) is 11.8 Å². The second-order valence-electron chi connectivity index (χ2n) is 3.90. The number of hydrogen-bond acceptors (Lipinski definition) is 4. The first-order valence-corrected chi connectivity index (χ1v) is 5.72. The van der Waals surface area contributed by atoms with E-state index in [0.717, 1.165) is 12.8 Å². The molecule has 0 amide bonds. The smallest absolute Gasteiger partial charge is 0.305 e. The summed E-state index contributed by atoms with van der Waals surface area (Å²) in [7, 11) is 2.77. The number of methoxy groups -OCH3 is 2. The molecule has 0 saturated carbocycles. The van der Waals surface area contributed by atoms with Gasteiger partial charge in [0, 0.05) is 12.8 Å². The Morgan fingerprint density at radius 3 is 1.38 bits per heavy atom. The highest BCUT2D eigenvalue weighted by molar-refractivity contribution is 5.71. The molecule has 0 N–H and O–H groups in total. The maximum atomic E-state index is 11.2. The highest BCUT2D eigenvalue weighted by atomic mass is 16.5. The standard InChI is InChI=1S/C12H22O4/c1-5-9(7-11(13)15-3)10(6-2)8-12(14)16-4/h9-10H,5-8H2,1-4H3/t9-,10-/m0/s1. The summed E-state index contributed by atoms with van der Waals surface area (Å²) in [5.74, 6) is -0.0431. The van der Waals surface area contributed by atoms with Crippen molar-refractivity contribution in [1.29, 1.82) is 0 Å². The van der Waals surface area contributed by atoms with Crippen molar-refractivity contribution in [2.24, 2.45) is 11.8 Å². The topological polar surface area (TPSA) is 52.6 Å². The van der Waals surface area contributed by atoms with E-state index >= 15 is 0 Å². The lowest BCUT2D eigenvalue weighted by atomic mass is 9.83. The molecule has 0 aliphatic heterocycles. The number of carbonyl (C=O) groups is 2. The van der Waals surface area contributed by atoms with Crippen molar-refractivity contribution in [2.45, 2.75) is 39.5 Å². The van der Waals surface area contributed by atoms with Crippen LogP contribution in [0.5, 0.6) is 0 Å². The number of esters is 2. The normalized spacial score (nSPS) is 14.0. The summed E-state index contributed by atoms with van der Waals surface area (Å²) in [5, 5.41) is 0. The second-order valence-corrected chi connectivity index (χ2v) is 3.90. The number of carbonyl (C=O) groups excluding carboxylic acids is 2. The van der Waals surface area contributed by atoms with Crippen LogP contribution in [0.25, 0.3) is 0 Å². The van der Waals surface area contributed by atoms with Crippen molar-refractivity contribution >= 4 is 11.9 Å². The van der Waals surface area contributed by atoms with E-state index in [-0.39, 0.29) is 23.8 Å². The summed E-state index contributed by atoms with van der Waals surface area (Å²) in [6, 6.07) is 0. The molecule has 4 heteroatoms. The van der Waals surface area contributed by atoms with Crippen molar-refractivity contribution in [1.82, 2.24) is 0 Å². The number of ether oxygens (including phenoxy) is 2. The molecule has 2 atom stereocenters. The van der Waals surface area contributed by atoms with Gasteiger partial charge in [-0.3, -0.25) is 9.59 Å². The maximum Gasteiger partial charge on any atom is 0.305 e. The lowest BCUT2D eigenvalue weighted by molar-refractivity contribution is -0.145. The van der Waals surface area contributed by atoms with Gasteiger partial charge in [0.15, 0.2) is 0 Å². The zero-order chi connectivity index (χ0) is 12.6. The fourth-order valence-corrected chi connectivity index (χ4v) is 1.88. The molecule has 0 heterocycles. The van der Waals surface area contributed by atoms with Gasteiger partial charge in [0.1, 0.15) is 0 Å². The van der Waals surface area contributed by atoms with Gasteiger partial charge in [-0.05, 0) is 11.8 Å². The molecule has 4 nitrogen and oxygen atoms in total. The van der Waals surface area contributed by atoms with Crippen LogP contribution in [0.15, 0.2) is 0 Å². The molecule has 0 rings (SSSR count). The third-order valence-electron chi connectivity index (χ3n) is 3.03. The molecular weight excluding hydrogens is 208 g/mol. The first-order valence-electron chi connectivity index (χ1n) is 5.72. The average molecular weight is 230 g/mol. The maximum absolute atomic E-state index is 11.2. The molecular formula is C12H22O4. The highest BCUT2D eigenvalue weighted by Crippen LogP contribution is 2.26. The van der Waals surface area contributed by atoms with E-state index < -0.39 is 0 Å². The Bertz CT molecular complexity index is 201. The minimum Gasteiger partial charge on any atom is -0.469 e. The van der Waals surface area contributed by atoms with Gasteiger partial charge in [-0.1, -0.05) is 26.7 Å². The van der Waals surface area contributed by atoms with Crippen LogP contribution in [-0.2, 0) is 19.1 Å². The molecule has 94 valence electrons. The summed E-state index contributed by atoms with van der Waals surface area (Å²) in [6.07, 6.45) is 2.49. The van der Waals surface area contributed by atoms with E-state index in [1.54, 1.807) is 0 Å². The van der Waals surface area contributed by atoms with Gasteiger partial charge in [0.05, 0.1) is 14.2 Å². The number of rotatable bonds is 7. The van der Waals surface area contributed by atoms with Gasteiger partial charge in [-0.25, -0.2) is 0 Å². The van der Waals surface area contributed by atoms with Gasteiger partial charge >= 0.3 is 11.9 Å². The monoisotopic (exact) mass is 230 g/mol. The average Bonchev–Trinajstić information content (AvgIpc) is 2.32. The molecule has 0 aromatic heterocycles. The molecule has 0 aromatic rings. The van der Waals surface area contributed by atoms with E-state index in [0.29, 0.717) is 12.8 Å². The molecule has 0 fully saturated rings. The van der Waals surface area contributed by atoms with E-state index in [1.807, 2.05) is 13.8 Å². The van der Waals surface area contributed by atoms with Crippen molar-refractivity contribution in [3.05, 3.63) is 0 Å². The summed E-state index contributed by atoms with van der Waals surface area (Å²) in [5.41, 5.74) is 0. The Kier molecular flexibility index (Phi) is 7.60. The quantitative estimate of drug-likeness (QED) is 0.629. The second kappa shape index (κ2) is 8.13. The van der Waals surface area contributed by atoms with Crippen LogP contribution in [0.1, 0.15) is 39.5 Å². The van der Waals surface area contributed by atoms with E-state index in [9.17, 15) is 9.59 Å². The minimum atomic E-state index is -0.213. The van der Waals surface area contributed by atoms with Crippen LogP contribution >= 0.6 is 0 Å². The molecule has 0 unspecified atom stereocenters. The Morgan fingerprint density at radius 1 is 0.875 bits per heavy atom. The molecule has 0 spiro atoms. The lowest BCUT2D eigenvalue weighted by Crippen LogP contribution is -2.21. The van der Waals surface area contributed by atoms with Crippen molar-refractivity contribution < 1.29 is 19.1 Å². The van der Waals surface area contributed by atoms with E-state index in [1.165, 1.54) is 14.2 Å².